The first-order valence-corrected chi connectivity index (χ1v) is 5.24. The summed E-state index contributed by atoms with van der Waals surface area (Å²) in [6.45, 7) is 1.96. The van der Waals surface area contributed by atoms with E-state index < -0.39 is 0 Å². The van der Waals surface area contributed by atoms with Gasteiger partial charge >= 0.3 is 6.03 Å². The van der Waals surface area contributed by atoms with Crippen molar-refractivity contribution in [2.75, 3.05) is 5.32 Å². The topological polar surface area (TPSA) is 41.1 Å². The van der Waals surface area contributed by atoms with Crippen LogP contribution in [0, 0.1) is 6.92 Å². The Bertz CT molecular complexity index is 437. The van der Waals surface area contributed by atoms with Gasteiger partial charge < -0.3 is 10.6 Å². The van der Waals surface area contributed by atoms with Crippen molar-refractivity contribution in [1.82, 2.24) is 5.32 Å². The number of amides is 2. The Balaban J connectivity index is 1.94. The van der Waals surface area contributed by atoms with Gasteiger partial charge in [-0.15, -0.1) is 0 Å². The summed E-state index contributed by atoms with van der Waals surface area (Å²) >= 11 is 0. The second-order valence-electron chi connectivity index (χ2n) is 3.71. The second kappa shape index (κ2) is 4.66. The van der Waals surface area contributed by atoms with Gasteiger partial charge in [-0.1, -0.05) is 42.5 Å². The number of hydrogen-bond donors (Lipinski definition) is 2. The van der Waals surface area contributed by atoms with Crippen molar-refractivity contribution in [3.63, 3.8) is 0 Å². The summed E-state index contributed by atoms with van der Waals surface area (Å²) in [7, 11) is 0. The number of benzene rings is 1. The van der Waals surface area contributed by atoms with Crippen LogP contribution in [0.5, 0.6) is 0 Å². The van der Waals surface area contributed by atoms with E-state index >= 15 is 0 Å². The Kier molecular flexibility index (Phi) is 3.05. The maximum Gasteiger partial charge on any atom is 0.319 e. The molecule has 82 valence electrons. The number of carbonyl (C=O) groups is 1. The van der Waals surface area contributed by atoms with E-state index in [-0.39, 0.29) is 12.1 Å². The number of urea groups is 1. The first-order valence-electron chi connectivity index (χ1n) is 5.24. The molecule has 0 saturated heterocycles. The van der Waals surface area contributed by atoms with Crippen LogP contribution < -0.4 is 10.6 Å². The zero-order chi connectivity index (χ0) is 11.4. The highest BCUT2D eigenvalue weighted by atomic mass is 16.2. The minimum absolute atomic E-state index is 0.00372. The summed E-state index contributed by atoms with van der Waals surface area (Å²) in [5.41, 5.74) is 1.89. The fourth-order valence-electron chi connectivity index (χ4n) is 1.55. The van der Waals surface area contributed by atoms with E-state index in [1.165, 1.54) is 0 Å². The molecule has 0 radical (unpaired) electrons. The van der Waals surface area contributed by atoms with Gasteiger partial charge in [0.15, 0.2) is 0 Å². The van der Waals surface area contributed by atoms with E-state index in [9.17, 15) is 4.79 Å². The second-order valence-corrected chi connectivity index (χ2v) is 3.71. The van der Waals surface area contributed by atoms with Crippen LogP contribution in [0.4, 0.5) is 10.5 Å². The van der Waals surface area contributed by atoms with Gasteiger partial charge in [0.05, 0.1) is 6.04 Å². The minimum atomic E-state index is -0.185. The van der Waals surface area contributed by atoms with Gasteiger partial charge in [-0.05, 0) is 18.6 Å². The summed E-state index contributed by atoms with van der Waals surface area (Å²) in [6, 6.07) is 7.51. The van der Waals surface area contributed by atoms with Gasteiger partial charge in [-0.25, -0.2) is 4.79 Å². The summed E-state index contributed by atoms with van der Waals surface area (Å²) in [5.74, 6) is 0. The lowest BCUT2D eigenvalue weighted by molar-refractivity contribution is 0.251. The molecule has 1 aliphatic rings. The molecule has 16 heavy (non-hydrogen) atoms. The molecule has 1 aliphatic carbocycles. The Morgan fingerprint density at radius 1 is 1.19 bits per heavy atom. The SMILES string of the molecule is Cc1ccccc1NC(=O)NC1C=CC=C1. The average Bonchev–Trinajstić information content (AvgIpc) is 2.74. The third-order valence-electron chi connectivity index (χ3n) is 2.44. The van der Waals surface area contributed by atoms with Crippen molar-refractivity contribution >= 4 is 11.7 Å². The predicted octanol–water partition coefficient (Wildman–Crippen LogP) is 2.61. The lowest BCUT2D eigenvalue weighted by Crippen LogP contribution is -2.35. The van der Waals surface area contributed by atoms with Crippen LogP contribution in [-0.4, -0.2) is 12.1 Å². The largest absolute Gasteiger partial charge is 0.328 e. The summed E-state index contributed by atoms with van der Waals surface area (Å²) in [5, 5.41) is 5.65. The lowest BCUT2D eigenvalue weighted by atomic mass is 10.2. The van der Waals surface area contributed by atoms with Crippen LogP contribution >= 0.6 is 0 Å². The number of carbonyl (C=O) groups excluding carboxylic acids is 1. The van der Waals surface area contributed by atoms with Crippen molar-refractivity contribution in [1.29, 1.82) is 0 Å². The molecule has 2 N–H and O–H groups in total. The van der Waals surface area contributed by atoms with Crippen molar-refractivity contribution in [3.8, 4) is 0 Å². The molecule has 0 aromatic heterocycles. The highest BCUT2D eigenvalue weighted by Crippen LogP contribution is 2.12. The number of aryl methyl sites for hydroxylation is 1. The van der Waals surface area contributed by atoms with Crippen LogP contribution in [0.3, 0.4) is 0 Å². The van der Waals surface area contributed by atoms with Gasteiger partial charge in [0.25, 0.3) is 0 Å². The van der Waals surface area contributed by atoms with Crippen molar-refractivity contribution in [2.24, 2.45) is 0 Å². The van der Waals surface area contributed by atoms with Crippen molar-refractivity contribution < 1.29 is 4.79 Å². The molecule has 0 saturated carbocycles. The Hall–Kier alpha value is -2.03. The van der Waals surface area contributed by atoms with Gasteiger partial charge in [-0.2, -0.15) is 0 Å². The van der Waals surface area contributed by atoms with Gasteiger partial charge in [0.1, 0.15) is 0 Å². The van der Waals surface area contributed by atoms with E-state index in [0.717, 1.165) is 11.3 Å². The third-order valence-corrected chi connectivity index (χ3v) is 2.44. The number of nitrogens with one attached hydrogen (secondary N) is 2. The first-order chi connectivity index (χ1) is 7.75. The third kappa shape index (κ3) is 2.51. The molecule has 0 unspecified atom stereocenters. The Morgan fingerprint density at radius 3 is 2.56 bits per heavy atom. The summed E-state index contributed by atoms with van der Waals surface area (Å²) in [6.07, 6.45) is 7.69. The molecule has 1 aromatic rings. The Labute approximate surface area is 94.9 Å². The first kappa shape index (κ1) is 10.5. The minimum Gasteiger partial charge on any atom is -0.328 e. The molecule has 1 aromatic carbocycles. The van der Waals surface area contributed by atoms with Crippen molar-refractivity contribution in [2.45, 2.75) is 13.0 Å². The van der Waals surface area contributed by atoms with Crippen LogP contribution in [0.15, 0.2) is 48.6 Å². The lowest BCUT2D eigenvalue weighted by Gasteiger charge is -2.11. The maximum absolute atomic E-state index is 11.6. The molecule has 0 heterocycles. The van der Waals surface area contributed by atoms with Gasteiger partial charge in [0.2, 0.25) is 0 Å². The molecule has 0 bridgehead atoms. The van der Waals surface area contributed by atoms with Crippen LogP contribution in [0.1, 0.15) is 5.56 Å². The quantitative estimate of drug-likeness (QED) is 0.780. The van der Waals surface area contributed by atoms with Crippen molar-refractivity contribution in [3.05, 3.63) is 54.1 Å². The molecule has 0 aliphatic heterocycles. The number of rotatable bonds is 2. The molecule has 0 atom stereocenters. The molecule has 2 amide bonds. The Morgan fingerprint density at radius 2 is 1.88 bits per heavy atom. The van der Waals surface area contributed by atoms with E-state index in [4.69, 9.17) is 0 Å². The summed E-state index contributed by atoms with van der Waals surface area (Å²) in [4.78, 5) is 11.6. The van der Waals surface area contributed by atoms with Crippen LogP contribution in [-0.2, 0) is 0 Å². The molecular weight excluding hydrogens is 200 g/mol. The predicted molar refractivity (Wildman–Crippen MR) is 65.4 cm³/mol. The smallest absolute Gasteiger partial charge is 0.319 e. The highest BCUT2D eigenvalue weighted by molar-refractivity contribution is 5.90. The molecular formula is C13H14N2O. The molecule has 0 fully saturated rings. The normalized spacial score (nSPS) is 14.1. The molecule has 3 nitrogen and oxygen atoms in total. The molecule has 0 spiro atoms. The van der Waals surface area contributed by atoms with Gasteiger partial charge in [-0.3, -0.25) is 0 Å². The fourth-order valence-corrected chi connectivity index (χ4v) is 1.55. The zero-order valence-electron chi connectivity index (χ0n) is 9.10. The standard InChI is InChI=1S/C13H14N2O/c1-10-6-2-5-9-12(10)15-13(16)14-11-7-3-4-8-11/h2-9,11H,1H3,(H2,14,15,16). The van der Waals surface area contributed by atoms with E-state index in [1.807, 2.05) is 55.5 Å². The molecule has 2 rings (SSSR count). The molecule has 3 heteroatoms. The van der Waals surface area contributed by atoms with E-state index in [1.54, 1.807) is 0 Å². The fraction of sp³-hybridized carbons (Fsp3) is 0.154. The number of anilines is 1. The summed E-state index contributed by atoms with van der Waals surface area (Å²) < 4.78 is 0. The highest BCUT2D eigenvalue weighted by Gasteiger charge is 2.08. The van der Waals surface area contributed by atoms with E-state index in [2.05, 4.69) is 10.6 Å². The zero-order valence-corrected chi connectivity index (χ0v) is 9.10. The number of para-hydroxylation sites is 1. The van der Waals surface area contributed by atoms with Crippen LogP contribution in [0.2, 0.25) is 0 Å². The van der Waals surface area contributed by atoms with E-state index in [0.29, 0.717) is 0 Å². The van der Waals surface area contributed by atoms with Crippen LogP contribution in [0.25, 0.3) is 0 Å². The number of allylic oxidation sites excluding steroid dienone is 2. The maximum atomic E-state index is 11.6. The average molecular weight is 214 g/mol. The number of hydrogen-bond acceptors (Lipinski definition) is 1. The van der Waals surface area contributed by atoms with Gasteiger partial charge in [0, 0.05) is 5.69 Å². The monoisotopic (exact) mass is 214 g/mol.